The van der Waals surface area contributed by atoms with Crippen molar-refractivity contribution in [1.29, 1.82) is 0 Å². The van der Waals surface area contributed by atoms with Crippen LogP contribution in [0, 0.1) is 18.7 Å². The lowest BCUT2D eigenvalue weighted by atomic mass is 10.0. The smallest absolute Gasteiger partial charge is 0.276 e. The monoisotopic (exact) mass is 403 g/mol. The van der Waals surface area contributed by atoms with Gasteiger partial charge in [-0.15, -0.1) is 17.5 Å². The van der Waals surface area contributed by atoms with Crippen LogP contribution >= 0.6 is 24.0 Å². The van der Waals surface area contributed by atoms with Gasteiger partial charge in [-0.3, -0.25) is 4.79 Å². The van der Waals surface area contributed by atoms with Crippen molar-refractivity contribution in [2.24, 2.45) is 11.7 Å². The molecular formula is C17H24Cl2FN5O. The summed E-state index contributed by atoms with van der Waals surface area (Å²) in [6, 6.07) is 4.26. The van der Waals surface area contributed by atoms with Crippen LogP contribution < -0.4 is 5.73 Å². The Morgan fingerprint density at radius 3 is 2.65 bits per heavy atom. The zero-order valence-corrected chi connectivity index (χ0v) is 16.8. The van der Waals surface area contributed by atoms with Gasteiger partial charge in [-0.2, -0.15) is 0 Å². The van der Waals surface area contributed by atoms with Crippen LogP contribution in [0.3, 0.4) is 0 Å². The predicted molar refractivity (Wildman–Crippen MR) is 103 cm³/mol. The molecule has 0 aliphatic heterocycles. The SMILES string of the molecule is Cc1c(C(=O)N(C)CCC(N)C(C)C)nnn1-c1ccc(F)c(Cl)c1.Cl. The van der Waals surface area contributed by atoms with E-state index in [1.54, 1.807) is 18.9 Å². The first-order valence-corrected chi connectivity index (χ1v) is 8.49. The van der Waals surface area contributed by atoms with E-state index < -0.39 is 5.82 Å². The standard InChI is InChI=1S/C17H23ClFN5O.ClH/c1-10(2)15(20)7-8-23(4)17(25)16-11(3)24(22-21-16)12-5-6-14(19)13(18)9-12;/h5-6,9-10,15H,7-8,20H2,1-4H3;1H. The number of hydrogen-bond donors (Lipinski definition) is 1. The van der Waals surface area contributed by atoms with Gasteiger partial charge in [0.1, 0.15) is 5.82 Å². The van der Waals surface area contributed by atoms with Crippen molar-refractivity contribution in [2.45, 2.75) is 33.2 Å². The third-order valence-corrected chi connectivity index (χ3v) is 4.54. The zero-order valence-electron chi connectivity index (χ0n) is 15.2. The second-order valence-electron chi connectivity index (χ2n) is 6.46. The van der Waals surface area contributed by atoms with Crippen molar-refractivity contribution < 1.29 is 9.18 Å². The molecule has 1 heterocycles. The first kappa shape index (κ1) is 22.3. The molecule has 0 radical (unpaired) electrons. The molecule has 1 unspecified atom stereocenters. The molecule has 26 heavy (non-hydrogen) atoms. The Morgan fingerprint density at radius 2 is 2.08 bits per heavy atom. The number of halogens is 3. The van der Waals surface area contributed by atoms with Crippen LogP contribution in [0.2, 0.25) is 5.02 Å². The van der Waals surface area contributed by atoms with Gasteiger partial charge in [0.2, 0.25) is 0 Å². The van der Waals surface area contributed by atoms with E-state index in [2.05, 4.69) is 24.2 Å². The van der Waals surface area contributed by atoms with Crippen LogP contribution in [0.25, 0.3) is 5.69 Å². The Morgan fingerprint density at radius 1 is 1.42 bits per heavy atom. The Hall–Kier alpha value is -1.70. The second-order valence-corrected chi connectivity index (χ2v) is 6.86. The van der Waals surface area contributed by atoms with Gasteiger partial charge in [0, 0.05) is 19.6 Å². The number of aromatic nitrogens is 3. The van der Waals surface area contributed by atoms with Crippen molar-refractivity contribution in [3.8, 4) is 5.69 Å². The predicted octanol–water partition coefficient (Wildman–Crippen LogP) is 3.24. The molecule has 0 saturated heterocycles. The highest BCUT2D eigenvalue weighted by atomic mass is 35.5. The van der Waals surface area contributed by atoms with E-state index in [0.717, 1.165) is 0 Å². The van der Waals surface area contributed by atoms with E-state index in [4.69, 9.17) is 17.3 Å². The minimum absolute atomic E-state index is 0. The van der Waals surface area contributed by atoms with Crippen LogP contribution in [0.1, 0.15) is 36.5 Å². The molecule has 0 aliphatic rings. The summed E-state index contributed by atoms with van der Waals surface area (Å²) in [5.74, 6) is -0.386. The summed E-state index contributed by atoms with van der Waals surface area (Å²) in [4.78, 5) is 14.2. The fourth-order valence-electron chi connectivity index (χ4n) is 2.35. The lowest BCUT2D eigenvalue weighted by molar-refractivity contribution is 0.0782. The molecule has 0 fully saturated rings. The van der Waals surface area contributed by atoms with E-state index in [-0.39, 0.29) is 35.1 Å². The largest absolute Gasteiger partial charge is 0.340 e. The minimum atomic E-state index is -0.513. The van der Waals surface area contributed by atoms with Gasteiger partial charge in [0.15, 0.2) is 5.69 Å². The van der Waals surface area contributed by atoms with Crippen LogP contribution in [0.15, 0.2) is 18.2 Å². The van der Waals surface area contributed by atoms with Crippen LogP contribution in [-0.2, 0) is 0 Å². The molecule has 2 N–H and O–H groups in total. The average Bonchev–Trinajstić information content (AvgIpc) is 2.95. The maximum atomic E-state index is 13.3. The Labute approximate surface area is 163 Å². The van der Waals surface area contributed by atoms with Gasteiger partial charge < -0.3 is 10.6 Å². The van der Waals surface area contributed by atoms with Crippen molar-refractivity contribution in [3.05, 3.63) is 40.4 Å². The topological polar surface area (TPSA) is 77.0 Å². The third-order valence-electron chi connectivity index (χ3n) is 4.25. The van der Waals surface area contributed by atoms with E-state index in [9.17, 15) is 9.18 Å². The van der Waals surface area contributed by atoms with Gasteiger partial charge >= 0.3 is 0 Å². The van der Waals surface area contributed by atoms with Gasteiger partial charge in [0.05, 0.1) is 16.4 Å². The molecule has 0 aliphatic carbocycles. The van der Waals surface area contributed by atoms with E-state index >= 15 is 0 Å². The highest BCUT2D eigenvalue weighted by Gasteiger charge is 2.21. The summed E-state index contributed by atoms with van der Waals surface area (Å²) in [6.45, 7) is 6.37. The Kier molecular flexibility index (Phi) is 7.99. The maximum absolute atomic E-state index is 13.3. The van der Waals surface area contributed by atoms with Crippen molar-refractivity contribution >= 4 is 29.9 Å². The summed E-state index contributed by atoms with van der Waals surface area (Å²) in [7, 11) is 1.71. The number of nitrogens with zero attached hydrogens (tertiary/aromatic N) is 4. The van der Waals surface area contributed by atoms with Gasteiger partial charge in [-0.05, 0) is 37.5 Å². The molecule has 2 rings (SSSR count). The summed E-state index contributed by atoms with van der Waals surface area (Å²) in [5.41, 5.74) is 7.38. The molecule has 0 spiro atoms. The lowest BCUT2D eigenvalue weighted by Crippen LogP contribution is -2.35. The average molecular weight is 404 g/mol. The van der Waals surface area contributed by atoms with Crippen molar-refractivity contribution in [3.63, 3.8) is 0 Å². The fourth-order valence-corrected chi connectivity index (χ4v) is 2.52. The van der Waals surface area contributed by atoms with Crippen LogP contribution in [0.5, 0.6) is 0 Å². The van der Waals surface area contributed by atoms with Crippen molar-refractivity contribution in [1.82, 2.24) is 19.9 Å². The summed E-state index contributed by atoms with van der Waals surface area (Å²) in [6.07, 6.45) is 0.709. The number of nitrogens with two attached hydrogens (primary N) is 1. The van der Waals surface area contributed by atoms with Crippen LogP contribution in [0.4, 0.5) is 4.39 Å². The highest BCUT2D eigenvalue weighted by molar-refractivity contribution is 6.30. The van der Waals surface area contributed by atoms with Gasteiger partial charge in [-0.25, -0.2) is 9.07 Å². The van der Waals surface area contributed by atoms with Crippen LogP contribution in [-0.4, -0.2) is 45.4 Å². The molecular weight excluding hydrogens is 380 g/mol. The van der Waals surface area contributed by atoms with E-state index in [0.29, 0.717) is 30.3 Å². The van der Waals surface area contributed by atoms with E-state index in [1.807, 2.05) is 0 Å². The van der Waals surface area contributed by atoms with Crippen molar-refractivity contribution in [2.75, 3.05) is 13.6 Å². The number of carbonyl (C=O) groups excluding carboxylic acids is 1. The highest BCUT2D eigenvalue weighted by Crippen LogP contribution is 2.20. The molecule has 2 aromatic rings. The normalized spacial score (nSPS) is 12.0. The third kappa shape index (κ3) is 4.93. The number of carbonyl (C=O) groups is 1. The zero-order chi connectivity index (χ0) is 18.7. The summed E-state index contributed by atoms with van der Waals surface area (Å²) >= 11 is 5.81. The van der Waals surface area contributed by atoms with Gasteiger partial charge in [0.25, 0.3) is 5.91 Å². The molecule has 1 aromatic carbocycles. The summed E-state index contributed by atoms with van der Waals surface area (Å²) < 4.78 is 14.8. The molecule has 1 aromatic heterocycles. The number of benzene rings is 1. The summed E-state index contributed by atoms with van der Waals surface area (Å²) in [5, 5.41) is 7.96. The molecule has 1 amide bonds. The number of rotatable bonds is 6. The first-order valence-electron chi connectivity index (χ1n) is 8.11. The first-order chi connectivity index (χ1) is 11.7. The maximum Gasteiger partial charge on any atom is 0.276 e. The molecule has 144 valence electrons. The van der Waals surface area contributed by atoms with Gasteiger partial charge in [-0.1, -0.05) is 30.7 Å². The molecule has 6 nitrogen and oxygen atoms in total. The lowest BCUT2D eigenvalue weighted by Gasteiger charge is -2.21. The van der Waals surface area contributed by atoms with E-state index in [1.165, 1.54) is 22.9 Å². The molecule has 1 atom stereocenters. The minimum Gasteiger partial charge on any atom is -0.340 e. The molecule has 0 bridgehead atoms. The number of amides is 1. The molecule has 0 saturated carbocycles. The number of hydrogen-bond acceptors (Lipinski definition) is 4. The molecule has 9 heteroatoms. The quantitative estimate of drug-likeness (QED) is 0.802. The Balaban J connectivity index is 0.00000338. The Bertz CT molecular complexity index is 766. The fraction of sp³-hybridized carbons (Fsp3) is 0.471. The second kappa shape index (κ2) is 9.30.